The molecule has 1 aromatic heterocycles. The van der Waals surface area contributed by atoms with Crippen LogP contribution in [0, 0.1) is 0 Å². The SMILES string of the molecule is CCNc1ncccc1S(=O)(=O)NCC(C)(C)SC. The molecule has 0 aliphatic heterocycles. The topological polar surface area (TPSA) is 71.1 Å². The molecule has 0 aliphatic rings. The Morgan fingerprint density at radius 3 is 2.68 bits per heavy atom. The van der Waals surface area contributed by atoms with E-state index in [0.717, 1.165) is 0 Å². The Hall–Kier alpha value is -0.790. The zero-order chi connectivity index (χ0) is 14.5. The third-order valence-electron chi connectivity index (χ3n) is 2.64. The summed E-state index contributed by atoms with van der Waals surface area (Å²) in [6.07, 6.45) is 3.53. The van der Waals surface area contributed by atoms with Gasteiger partial charge < -0.3 is 5.32 Å². The Morgan fingerprint density at radius 1 is 1.42 bits per heavy atom. The van der Waals surface area contributed by atoms with Crippen molar-refractivity contribution in [1.29, 1.82) is 0 Å². The highest BCUT2D eigenvalue weighted by Gasteiger charge is 2.23. The zero-order valence-corrected chi connectivity index (χ0v) is 13.4. The Balaban J connectivity index is 2.95. The number of anilines is 1. The van der Waals surface area contributed by atoms with Crippen molar-refractivity contribution in [1.82, 2.24) is 9.71 Å². The Kier molecular flexibility index (Phi) is 5.64. The molecule has 19 heavy (non-hydrogen) atoms. The number of hydrogen-bond acceptors (Lipinski definition) is 5. The summed E-state index contributed by atoms with van der Waals surface area (Å²) in [7, 11) is -3.54. The number of nitrogens with one attached hydrogen (secondary N) is 2. The van der Waals surface area contributed by atoms with Crippen LogP contribution in [0.15, 0.2) is 23.2 Å². The van der Waals surface area contributed by atoms with E-state index >= 15 is 0 Å². The molecule has 0 fully saturated rings. The predicted molar refractivity (Wildman–Crippen MR) is 81.2 cm³/mol. The molecule has 0 radical (unpaired) electrons. The van der Waals surface area contributed by atoms with Gasteiger partial charge in [-0.1, -0.05) is 0 Å². The second-order valence-corrected chi connectivity index (χ2v) is 7.92. The van der Waals surface area contributed by atoms with Gasteiger partial charge in [0.2, 0.25) is 10.0 Å². The van der Waals surface area contributed by atoms with Gasteiger partial charge in [0.25, 0.3) is 0 Å². The van der Waals surface area contributed by atoms with E-state index in [0.29, 0.717) is 18.9 Å². The summed E-state index contributed by atoms with van der Waals surface area (Å²) >= 11 is 1.62. The molecule has 2 N–H and O–H groups in total. The maximum absolute atomic E-state index is 12.3. The van der Waals surface area contributed by atoms with Crippen LogP contribution in [-0.2, 0) is 10.0 Å². The van der Waals surface area contributed by atoms with Gasteiger partial charge in [0.1, 0.15) is 10.7 Å². The van der Waals surface area contributed by atoms with E-state index in [1.54, 1.807) is 30.1 Å². The standard InChI is InChI=1S/C12H21N3O2S2/c1-5-13-11-10(7-6-8-14-11)19(16,17)15-9-12(2,3)18-4/h6-8,15H,5,9H2,1-4H3,(H,13,14). The summed E-state index contributed by atoms with van der Waals surface area (Å²) in [5.41, 5.74) is 0. The molecule has 0 saturated carbocycles. The molecule has 1 heterocycles. The van der Waals surface area contributed by atoms with Crippen LogP contribution in [0.5, 0.6) is 0 Å². The smallest absolute Gasteiger partial charge is 0.244 e. The fourth-order valence-electron chi connectivity index (χ4n) is 1.33. The summed E-state index contributed by atoms with van der Waals surface area (Å²) < 4.78 is 27.1. The maximum atomic E-state index is 12.3. The molecule has 0 unspecified atom stereocenters. The van der Waals surface area contributed by atoms with Gasteiger partial charge in [-0.3, -0.25) is 0 Å². The van der Waals surface area contributed by atoms with Gasteiger partial charge in [0.05, 0.1) is 0 Å². The first-order valence-corrected chi connectivity index (χ1v) is 8.77. The van der Waals surface area contributed by atoms with E-state index in [2.05, 4.69) is 15.0 Å². The number of rotatable bonds is 7. The minimum atomic E-state index is -3.54. The van der Waals surface area contributed by atoms with Gasteiger partial charge in [-0.15, -0.1) is 0 Å². The van der Waals surface area contributed by atoms with Gasteiger partial charge in [0, 0.05) is 24.0 Å². The summed E-state index contributed by atoms with van der Waals surface area (Å²) in [5.74, 6) is 0.388. The summed E-state index contributed by atoms with van der Waals surface area (Å²) in [6, 6.07) is 3.18. The normalized spacial score (nSPS) is 12.4. The van der Waals surface area contributed by atoms with Crippen molar-refractivity contribution in [2.45, 2.75) is 30.4 Å². The first kappa shape index (κ1) is 16.3. The van der Waals surface area contributed by atoms with Crippen molar-refractivity contribution in [3.05, 3.63) is 18.3 Å². The van der Waals surface area contributed by atoms with E-state index in [-0.39, 0.29) is 9.64 Å². The molecule has 7 heteroatoms. The molecule has 0 saturated heterocycles. The van der Waals surface area contributed by atoms with E-state index in [1.165, 1.54) is 0 Å². The van der Waals surface area contributed by atoms with Crippen molar-refractivity contribution in [3.63, 3.8) is 0 Å². The lowest BCUT2D eigenvalue weighted by atomic mass is 10.2. The third-order valence-corrected chi connectivity index (χ3v) is 5.33. The summed E-state index contributed by atoms with van der Waals surface area (Å²) in [6.45, 7) is 6.88. The van der Waals surface area contributed by atoms with Gasteiger partial charge in [-0.25, -0.2) is 18.1 Å². The minimum Gasteiger partial charge on any atom is -0.369 e. The predicted octanol–water partition coefficient (Wildman–Crippen LogP) is 1.93. The van der Waals surface area contributed by atoms with Gasteiger partial charge >= 0.3 is 0 Å². The lowest BCUT2D eigenvalue weighted by Gasteiger charge is -2.22. The van der Waals surface area contributed by atoms with Crippen LogP contribution in [0.4, 0.5) is 5.82 Å². The zero-order valence-electron chi connectivity index (χ0n) is 11.7. The summed E-state index contributed by atoms with van der Waals surface area (Å²) in [4.78, 5) is 4.25. The highest BCUT2D eigenvalue weighted by Crippen LogP contribution is 2.22. The lowest BCUT2D eigenvalue weighted by molar-refractivity contribution is 0.570. The molecule has 1 aromatic rings. The first-order chi connectivity index (χ1) is 8.82. The van der Waals surface area contributed by atoms with Crippen LogP contribution in [0.1, 0.15) is 20.8 Å². The fourth-order valence-corrected chi connectivity index (χ4v) is 2.98. The number of sulfonamides is 1. The minimum absolute atomic E-state index is 0.145. The molecule has 0 atom stereocenters. The van der Waals surface area contributed by atoms with Crippen LogP contribution < -0.4 is 10.0 Å². The molecule has 1 rings (SSSR count). The molecule has 0 aromatic carbocycles. The van der Waals surface area contributed by atoms with Gasteiger partial charge in [-0.2, -0.15) is 11.8 Å². The number of thioether (sulfide) groups is 1. The second-order valence-electron chi connectivity index (χ2n) is 4.67. The molecule has 0 spiro atoms. The summed E-state index contributed by atoms with van der Waals surface area (Å²) in [5, 5.41) is 2.96. The van der Waals surface area contributed by atoms with Crippen LogP contribution in [-0.4, -0.2) is 37.5 Å². The highest BCUT2D eigenvalue weighted by atomic mass is 32.2. The molecule has 0 amide bonds. The quantitative estimate of drug-likeness (QED) is 0.805. The number of aromatic nitrogens is 1. The van der Waals surface area contributed by atoms with Crippen LogP contribution in [0.3, 0.4) is 0 Å². The van der Waals surface area contributed by atoms with Crippen LogP contribution in [0.2, 0.25) is 0 Å². The van der Waals surface area contributed by atoms with Crippen molar-refractivity contribution < 1.29 is 8.42 Å². The molecule has 0 bridgehead atoms. The van der Waals surface area contributed by atoms with Crippen molar-refractivity contribution >= 4 is 27.6 Å². The average Bonchev–Trinajstić information content (AvgIpc) is 2.38. The second kappa shape index (κ2) is 6.58. The Bertz CT molecular complexity index is 515. The van der Waals surface area contributed by atoms with Gasteiger partial charge in [-0.05, 0) is 39.2 Å². The van der Waals surface area contributed by atoms with E-state index in [4.69, 9.17) is 0 Å². The lowest BCUT2D eigenvalue weighted by Crippen LogP contribution is -2.36. The van der Waals surface area contributed by atoms with Crippen LogP contribution in [0.25, 0.3) is 0 Å². The molecular formula is C12H21N3O2S2. The average molecular weight is 303 g/mol. The van der Waals surface area contributed by atoms with Crippen molar-refractivity contribution in [2.24, 2.45) is 0 Å². The maximum Gasteiger partial charge on any atom is 0.244 e. The molecule has 5 nitrogen and oxygen atoms in total. The fraction of sp³-hybridized carbons (Fsp3) is 0.583. The number of pyridine rings is 1. The van der Waals surface area contributed by atoms with E-state index in [1.807, 2.05) is 27.0 Å². The highest BCUT2D eigenvalue weighted by molar-refractivity contribution is 8.00. The molecule has 108 valence electrons. The first-order valence-electron chi connectivity index (χ1n) is 6.06. The Morgan fingerprint density at radius 2 is 2.11 bits per heavy atom. The third kappa shape index (κ3) is 4.67. The molecular weight excluding hydrogens is 282 g/mol. The Labute approximate surface area is 119 Å². The van der Waals surface area contributed by atoms with Crippen molar-refractivity contribution in [2.75, 3.05) is 24.7 Å². The van der Waals surface area contributed by atoms with E-state index in [9.17, 15) is 8.42 Å². The van der Waals surface area contributed by atoms with Gasteiger partial charge in [0.15, 0.2) is 0 Å². The van der Waals surface area contributed by atoms with E-state index < -0.39 is 10.0 Å². The van der Waals surface area contributed by atoms with Crippen LogP contribution >= 0.6 is 11.8 Å². The number of nitrogens with zero attached hydrogens (tertiary/aromatic N) is 1. The number of hydrogen-bond donors (Lipinski definition) is 2. The largest absolute Gasteiger partial charge is 0.369 e. The molecule has 0 aliphatic carbocycles. The monoisotopic (exact) mass is 303 g/mol. The van der Waals surface area contributed by atoms with Crippen molar-refractivity contribution in [3.8, 4) is 0 Å².